The van der Waals surface area contributed by atoms with Crippen LogP contribution in [0.1, 0.15) is 5.56 Å². The molecule has 0 bridgehead atoms. The number of benzene rings is 2. The molecule has 2 aromatic carbocycles. The normalized spacial score (nSPS) is 16.0. The van der Waals surface area contributed by atoms with Gasteiger partial charge in [0.05, 0.1) is 5.39 Å². The fourth-order valence-electron chi connectivity index (χ4n) is 3.07. The number of fused-ring (bicyclic) bond motifs is 1. The van der Waals surface area contributed by atoms with Crippen molar-refractivity contribution in [1.82, 2.24) is 9.80 Å². The summed E-state index contributed by atoms with van der Waals surface area (Å²) in [4.78, 5) is 27.8. The summed E-state index contributed by atoms with van der Waals surface area (Å²) in [6, 6.07) is 16.1. The molecular weight excluding hydrogens is 360 g/mol. The molecule has 6 heteroatoms. The van der Waals surface area contributed by atoms with Gasteiger partial charge in [-0.15, -0.1) is 0 Å². The van der Waals surface area contributed by atoms with Crippen LogP contribution in [-0.2, 0) is 4.79 Å². The number of thiocarbonyl (C=S) groups is 1. The zero-order valence-corrected chi connectivity index (χ0v) is 15.6. The van der Waals surface area contributed by atoms with Crippen molar-refractivity contribution in [2.75, 3.05) is 14.1 Å². The largest absolute Gasteiger partial charge is 0.456 e. The molecule has 0 saturated carbocycles. The van der Waals surface area contributed by atoms with Crippen molar-refractivity contribution in [3.63, 3.8) is 0 Å². The minimum atomic E-state index is -0.148. The molecule has 2 heterocycles. The number of amides is 1. The summed E-state index contributed by atoms with van der Waals surface area (Å²) in [5.41, 5.74) is 2.53. The summed E-state index contributed by atoms with van der Waals surface area (Å²) in [6.07, 6.45) is 1.78. The van der Waals surface area contributed by atoms with E-state index in [0.717, 1.165) is 11.1 Å². The third kappa shape index (κ3) is 2.94. The second kappa shape index (κ2) is 6.48. The molecule has 0 atom stereocenters. The molecule has 4 rings (SSSR count). The minimum absolute atomic E-state index is 0.0896. The quantitative estimate of drug-likeness (QED) is 0.506. The minimum Gasteiger partial charge on any atom is -0.456 e. The topological polar surface area (TPSA) is 53.8 Å². The van der Waals surface area contributed by atoms with Crippen LogP contribution in [0.4, 0.5) is 0 Å². The molecule has 5 nitrogen and oxygen atoms in total. The molecule has 1 fully saturated rings. The molecule has 134 valence electrons. The lowest BCUT2D eigenvalue weighted by atomic mass is 10.1. The third-order valence-electron chi connectivity index (χ3n) is 4.57. The maximum Gasteiger partial charge on any atom is 0.276 e. The molecule has 0 N–H and O–H groups in total. The summed E-state index contributed by atoms with van der Waals surface area (Å²) >= 11 is 5.24. The average molecular weight is 376 g/mol. The Bertz CT molecular complexity index is 1180. The maximum absolute atomic E-state index is 12.4. The van der Waals surface area contributed by atoms with Gasteiger partial charge in [0.15, 0.2) is 10.5 Å². The predicted molar refractivity (Wildman–Crippen MR) is 109 cm³/mol. The van der Waals surface area contributed by atoms with Crippen LogP contribution < -0.4 is 5.43 Å². The molecule has 1 aliphatic rings. The third-order valence-corrected chi connectivity index (χ3v) is 5.12. The molecule has 27 heavy (non-hydrogen) atoms. The number of rotatable bonds is 2. The molecule has 0 aliphatic carbocycles. The van der Waals surface area contributed by atoms with Crippen molar-refractivity contribution in [3.8, 4) is 11.3 Å². The Balaban J connectivity index is 1.78. The Morgan fingerprint density at radius 3 is 2.48 bits per heavy atom. The van der Waals surface area contributed by atoms with Crippen molar-refractivity contribution in [1.29, 1.82) is 0 Å². The Hall–Kier alpha value is -3.25. The van der Waals surface area contributed by atoms with E-state index in [9.17, 15) is 9.59 Å². The Kier molecular flexibility index (Phi) is 4.12. The highest BCUT2D eigenvalue weighted by Crippen LogP contribution is 2.25. The van der Waals surface area contributed by atoms with Gasteiger partial charge < -0.3 is 9.32 Å². The van der Waals surface area contributed by atoms with Crippen molar-refractivity contribution in [3.05, 3.63) is 76.1 Å². The second-order valence-corrected chi connectivity index (χ2v) is 6.70. The van der Waals surface area contributed by atoms with Gasteiger partial charge in [0.2, 0.25) is 0 Å². The van der Waals surface area contributed by atoms with Gasteiger partial charge >= 0.3 is 0 Å². The molecule has 0 spiro atoms. The van der Waals surface area contributed by atoms with Crippen LogP contribution in [0.25, 0.3) is 28.4 Å². The van der Waals surface area contributed by atoms with Crippen molar-refractivity contribution >= 4 is 40.3 Å². The van der Waals surface area contributed by atoms with Gasteiger partial charge in [-0.05, 0) is 42.1 Å². The standard InChI is InChI=1S/C21H16N2O3S/c1-22-16(20(25)23(2)21(22)27)11-13-6-5-7-14(10-13)19-12-17(24)15-8-3-4-9-18(15)26-19/h3-12H,1-2H3/b16-11+. The molecule has 1 saturated heterocycles. The smallest absolute Gasteiger partial charge is 0.276 e. The van der Waals surface area contributed by atoms with E-state index in [1.807, 2.05) is 36.4 Å². The van der Waals surface area contributed by atoms with Gasteiger partial charge in [-0.25, -0.2) is 0 Å². The molecule has 1 aliphatic heterocycles. The van der Waals surface area contributed by atoms with E-state index in [1.54, 1.807) is 37.2 Å². The molecule has 0 unspecified atom stereocenters. The van der Waals surface area contributed by atoms with Crippen LogP contribution in [-0.4, -0.2) is 34.9 Å². The Morgan fingerprint density at radius 2 is 1.74 bits per heavy atom. The summed E-state index contributed by atoms with van der Waals surface area (Å²) in [5.74, 6) is 0.336. The zero-order valence-electron chi connectivity index (χ0n) is 14.8. The van der Waals surface area contributed by atoms with Gasteiger partial charge in [-0.2, -0.15) is 0 Å². The highest BCUT2D eigenvalue weighted by Gasteiger charge is 2.32. The summed E-state index contributed by atoms with van der Waals surface area (Å²) in [7, 11) is 3.42. The summed E-state index contributed by atoms with van der Waals surface area (Å²) in [5, 5.41) is 1.01. The SMILES string of the molecule is CN1C(=O)/C(=C\c2cccc(-c3cc(=O)c4ccccc4o3)c2)N(C)C1=S. The number of hydrogen-bond donors (Lipinski definition) is 0. The van der Waals surface area contributed by atoms with E-state index < -0.39 is 0 Å². The van der Waals surface area contributed by atoms with Gasteiger partial charge in [0.1, 0.15) is 17.0 Å². The number of para-hydroxylation sites is 1. The first-order valence-electron chi connectivity index (χ1n) is 8.36. The lowest BCUT2D eigenvalue weighted by Crippen LogP contribution is -2.26. The fraction of sp³-hybridized carbons (Fsp3) is 0.0952. The Labute approximate surface area is 161 Å². The lowest BCUT2D eigenvalue weighted by Gasteiger charge is -2.11. The molecule has 1 amide bonds. The van der Waals surface area contributed by atoms with Crippen LogP contribution >= 0.6 is 12.2 Å². The fourth-order valence-corrected chi connectivity index (χ4v) is 3.26. The number of likely N-dealkylation sites (N-methyl/N-ethyl adjacent to an activating group) is 2. The predicted octanol–water partition coefficient (Wildman–Crippen LogP) is 3.49. The number of carbonyl (C=O) groups is 1. The molecule has 0 radical (unpaired) electrons. The van der Waals surface area contributed by atoms with Crippen LogP contribution in [0.15, 0.2) is 69.5 Å². The van der Waals surface area contributed by atoms with Crippen molar-refractivity contribution in [2.24, 2.45) is 0 Å². The number of nitrogens with zero attached hydrogens (tertiary/aromatic N) is 2. The van der Waals surface area contributed by atoms with Crippen molar-refractivity contribution < 1.29 is 9.21 Å². The molecule has 3 aromatic rings. The van der Waals surface area contributed by atoms with Crippen LogP contribution in [0, 0.1) is 0 Å². The first-order valence-corrected chi connectivity index (χ1v) is 8.77. The van der Waals surface area contributed by atoms with E-state index >= 15 is 0 Å². The van der Waals surface area contributed by atoms with Gasteiger partial charge in [0.25, 0.3) is 5.91 Å². The Morgan fingerprint density at radius 1 is 0.963 bits per heavy atom. The van der Waals surface area contributed by atoms with E-state index in [1.165, 1.54) is 11.0 Å². The highest BCUT2D eigenvalue weighted by molar-refractivity contribution is 7.80. The highest BCUT2D eigenvalue weighted by atomic mass is 32.1. The number of hydrogen-bond acceptors (Lipinski definition) is 4. The zero-order chi connectivity index (χ0) is 19.1. The summed E-state index contributed by atoms with van der Waals surface area (Å²) < 4.78 is 5.90. The van der Waals surface area contributed by atoms with E-state index in [4.69, 9.17) is 16.6 Å². The molecule has 1 aromatic heterocycles. The second-order valence-electron chi connectivity index (χ2n) is 6.33. The monoisotopic (exact) mass is 376 g/mol. The first kappa shape index (κ1) is 17.2. The van der Waals surface area contributed by atoms with Gasteiger partial charge in [0, 0.05) is 25.7 Å². The first-order chi connectivity index (χ1) is 13.0. The van der Waals surface area contributed by atoms with Crippen LogP contribution in [0.5, 0.6) is 0 Å². The van der Waals surface area contributed by atoms with Gasteiger partial charge in [-0.1, -0.05) is 30.3 Å². The van der Waals surface area contributed by atoms with E-state index in [0.29, 0.717) is 27.5 Å². The summed E-state index contributed by atoms with van der Waals surface area (Å²) in [6.45, 7) is 0. The number of carbonyl (C=O) groups excluding carboxylic acids is 1. The van der Waals surface area contributed by atoms with Gasteiger partial charge in [-0.3, -0.25) is 14.5 Å². The van der Waals surface area contributed by atoms with Crippen molar-refractivity contribution in [2.45, 2.75) is 0 Å². The average Bonchev–Trinajstić information content (AvgIpc) is 2.86. The van der Waals surface area contributed by atoms with E-state index in [2.05, 4.69) is 0 Å². The van der Waals surface area contributed by atoms with Crippen LogP contribution in [0.3, 0.4) is 0 Å². The maximum atomic E-state index is 12.4. The lowest BCUT2D eigenvalue weighted by molar-refractivity contribution is -0.121. The molecular formula is C21H16N2O3S. The van der Waals surface area contributed by atoms with E-state index in [-0.39, 0.29) is 11.3 Å². The van der Waals surface area contributed by atoms with Crippen LogP contribution in [0.2, 0.25) is 0 Å².